The van der Waals surface area contributed by atoms with Crippen molar-refractivity contribution in [2.24, 2.45) is 5.92 Å². The lowest BCUT2D eigenvalue weighted by Crippen LogP contribution is -2.49. The molecule has 1 aliphatic rings. The highest BCUT2D eigenvalue weighted by Crippen LogP contribution is 2.12. The van der Waals surface area contributed by atoms with Crippen molar-refractivity contribution in [2.75, 3.05) is 32.7 Å². The molecule has 1 heterocycles. The van der Waals surface area contributed by atoms with Crippen LogP contribution in [0.3, 0.4) is 0 Å². The van der Waals surface area contributed by atoms with Gasteiger partial charge in [-0.05, 0) is 43.0 Å². The van der Waals surface area contributed by atoms with E-state index < -0.39 is 11.6 Å². The van der Waals surface area contributed by atoms with Crippen LogP contribution in [0.15, 0.2) is 18.2 Å². The van der Waals surface area contributed by atoms with Gasteiger partial charge in [0.1, 0.15) is 11.6 Å². The van der Waals surface area contributed by atoms with E-state index in [9.17, 15) is 13.6 Å². The lowest BCUT2D eigenvalue weighted by Gasteiger charge is -2.35. The van der Waals surface area contributed by atoms with Gasteiger partial charge < -0.3 is 4.90 Å². The number of rotatable bonds is 6. The van der Waals surface area contributed by atoms with Crippen molar-refractivity contribution in [1.82, 2.24) is 9.80 Å². The largest absolute Gasteiger partial charge is 0.340 e. The smallest absolute Gasteiger partial charge is 0.227 e. The SMILES string of the molecule is CC(C)CCCN1CCN(C(=O)Cc2cc(F)cc(F)c2)CC1. The van der Waals surface area contributed by atoms with Gasteiger partial charge in [0.15, 0.2) is 0 Å². The maximum atomic E-state index is 13.2. The summed E-state index contributed by atoms with van der Waals surface area (Å²) in [4.78, 5) is 16.4. The average molecular weight is 324 g/mol. The summed E-state index contributed by atoms with van der Waals surface area (Å²) in [7, 11) is 0. The Labute approximate surface area is 137 Å². The molecule has 0 N–H and O–H groups in total. The van der Waals surface area contributed by atoms with Crippen LogP contribution in [0.25, 0.3) is 0 Å². The number of amides is 1. The Balaban J connectivity index is 1.77. The first kappa shape index (κ1) is 17.9. The molecule has 128 valence electrons. The Morgan fingerprint density at radius 3 is 2.26 bits per heavy atom. The van der Waals surface area contributed by atoms with Gasteiger partial charge >= 0.3 is 0 Å². The van der Waals surface area contributed by atoms with Crippen LogP contribution >= 0.6 is 0 Å². The van der Waals surface area contributed by atoms with Crippen LogP contribution in [0.2, 0.25) is 0 Å². The van der Waals surface area contributed by atoms with E-state index >= 15 is 0 Å². The number of piperazine rings is 1. The van der Waals surface area contributed by atoms with Crippen molar-refractivity contribution in [3.63, 3.8) is 0 Å². The number of nitrogens with zero attached hydrogens (tertiary/aromatic N) is 2. The van der Waals surface area contributed by atoms with Gasteiger partial charge in [-0.2, -0.15) is 0 Å². The van der Waals surface area contributed by atoms with E-state index in [1.165, 1.54) is 25.0 Å². The molecule has 0 saturated carbocycles. The second-order valence-corrected chi connectivity index (χ2v) is 6.71. The highest BCUT2D eigenvalue weighted by molar-refractivity contribution is 5.78. The van der Waals surface area contributed by atoms with Crippen molar-refractivity contribution in [3.8, 4) is 0 Å². The number of carbonyl (C=O) groups excluding carboxylic acids is 1. The average Bonchev–Trinajstić information content (AvgIpc) is 2.46. The first-order valence-electron chi connectivity index (χ1n) is 8.39. The van der Waals surface area contributed by atoms with Crippen LogP contribution < -0.4 is 0 Å². The molecule has 1 aromatic rings. The maximum absolute atomic E-state index is 13.2. The van der Waals surface area contributed by atoms with E-state index in [4.69, 9.17) is 0 Å². The molecule has 1 aliphatic heterocycles. The topological polar surface area (TPSA) is 23.6 Å². The fraction of sp³-hybridized carbons (Fsp3) is 0.611. The van der Waals surface area contributed by atoms with Crippen molar-refractivity contribution >= 4 is 5.91 Å². The summed E-state index contributed by atoms with van der Waals surface area (Å²) in [5, 5.41) is 0. The number of benzene rings is 1. The van der Waals surface area contributed by atoms with Crippen molar-refractivity contribution in [2.45, 2.75) is 33.1 Å². The van der Waals surface area contributed by atoms with Gasteiger partial charge in [0.25, 0.3) is 0 Å². The van der Waals surface area contributed by atoms with Crippen LogP contribution in [0.4, 0.5) is 8.78 Å². The summed E-state index contributed by atoms with van der Waals surface area (Å²) >= 11 is 0. The number of halogens is 2. The zero-order chi connectivity index (χ0) is 16.8. The Morgan fingerprint density at radius 1 is 1.09 bits per heavy atom. The van der Waals surface area contributed by atoms with E-state index in [1.807, 2.05) is 0 Å². The highest BCUT2D eigenvalue weighted by atomic mass is 19.1. The van der Waals surface area contributed by atoms with Crippen molar-refractivity contribution in [1.29, 1.82) is 0 Å². The molecule has 0 aromatic heterocycles. The summed E-state index contributed by atoms with van der Waals surface area (Å²) in [6.45, 7) is 8.67. The van der Waals surface area contributed by atoms with E-state index in [1.54, 1.807) is 4.90 Å². The monoisotopic (exact) mass is 324 g/mol. The van der Waals surface area contributed by atoms with Crippen LogP contribution in [0, 0.1) is 17.6 Å². The predicted octanol–water partition coefficient (Wildman–Crippen LogP) is 3.09. The molecule has 5 heteroatoms. The molecule has 0 spiro atoms. The number of hydrogen-bond donors (Lipinski definition) is 0. The third-order valence-corrected chi connectivity index (χ3v) is 4.26. The third-order valence-electron chi connectivity index (χ3n) is 4.26. The molecule has 23 heavy (non-hydrogen) atoms. The second-order valence-electron chi connectivity index (χ2n) is 6.71. The summed E-state index contributed by atoms with van der Waals surface area (Å²) in [5.41, 5.74) is 0.395. The third kappa shape index (κ3) is 5.90. The van der Waals surface area contributed by atoms with Crippen molar-refractivity contribution in [3.05, 3.63) is 35.4 Å². The van der Waals surface area contributed by atoms with Gasteiger partial charge in [-0.15, -0.1) is 0 Å². The van der Waals surface area contributed by atoms with E-state index in [2.05, 4.69) is 18.7 Å². The minimum absolute atomic E-state index is 0.0576. The first-order valence-corrected chi connectivity index (χ1v) is 8.39. The molecule has 1 amide bonds. The molecule has 0 unspecified atom stereocenters. The number of carbonyl (C=O) groups is 1. The molecular formula is C18H26F2N2O. The molecular weight excluding hydrogens is 298 g/mol. The molecule has 1 saturated heterocycles. The zero-order valence-corrected chi connectivity index (χ0v) is 14.0. The Hall–Kier alpha value is -1.49. The normalized spacial score (nSPS) is 16.1. The molecule has 0 radical (unpaired) electrons. The molecule has 2 rings (SSSR count). The lowest BCUT2D eigenvalue weighted by atomic mass is 10.1. The fourth-order valence-electron chi connectivity index (χ4n) is 2.94. The molecule has 0 aliphatic carbocycles. The van der Waals surface area contributed by atoms with Crippen molar-refractivity contribution < 1.29 is 13.6 Å². The molecule has 0 atom stereocenters. The quantitative estimate of drug-likeness (QED) is 0.803. The lowest BCUT2D eigenvalue weighted by molar-refractivity contribution is -0.132. The molecule has 1 fully saturated rings. The number of hydrogen-bond acceptors (Lipinski definition) is 2. The van der Waals surface area contributed by atoms with Crippen LogP contribution in [-0.4, -0.2) is 48.4 Å². The molecule has 0 bridgehead atoms. The van der Waals surface area contributed by atoms with Crippen LogP contribution in [-0.2, 0) is 11.2 Å². The Bertz CT molecular complexity index is 506. The maximum Gasteiger partial charge on any atom is 0.227 e. The van der Waals surface area contributed by atoms with Gasteiger partial charge in [-0.1, -0.05) is 13.8 Å². The summed E-state index contributed by atoms with van der Waals surface area (Å²) < 4.78 is 26.4. The minimum atomic E-state index is -0.636. The van der Waals surface area contributed by atoms with Gasteiger partial charge in [0, 0.05) is 32.2 Å². The van der Waals surface area contributed by atoms with E-state index in [-0.39, 0.29) is 12.3 Å². The molecule has 3 nitrogen and oxygen atoms in total. The van der Waals surface area contributed by atoms with Gasteiger partial charge in [-0.25, -0.2) is 8.78 Å². The Morgan fingerprint density at radius 2 is 1.70 bits per heavy atom. The summed E-state index contributed by atoms with van der Waals surface area (Å²) in [6, 6.07) is 3.27. The van der Waals surface area contributed by atoms with E-state index in [0.717, 1.165) is 31.6 Å². The summed E-state index contributed by atoms with van der Waals surface area (Å²) in [5.74, 6) is -0.605. The fourth-order valence-corrected chi connectivity index (χ4v) is 2.94. The van der Waals surface area contributed by atoms with Gasteiger partial charge in [-0.3, -0.25) is 9.69 Å². The predicted molar refractivity (Wildman–Crippen MR) is 87.2 cm³/mol. The summed E-state index contributed by atoms with van der Waals surface area (Å²) in [6.07, 6.45) is 2.47. The Kier molecular flexibility index (Phi) is 6.51. The van der Waals surface area contributed by atoms with Crippen LogP contribution in [0.5, 0.6) is 0 Å². The highest BCUT2D eigenvalue weighted by Gasteiger charge is 2.21. The minimum Gasteiger partial charge on any atom is -0.340 e. The van der Waals surface area contributed by atoms with Crippen LogP contribution in [0.1, 0.15) is 32.3 Å². The molecule has 1 aromatic carbocycles. The standard InChI is InChI=1S/C18H26F2N2O/c1-14(2)4-3-5-21-6-8-22(9-7-21)18(23)12-15-10-16(19)13-17(20)11-15/h10-11,13-14H,3-9,12H2,1-2H3. The van der Waals surface area contributed by atoms with Gasteiger partial charge in [0.05, 0.1) is 6.42 Å². The van der Waals surface area contributed by atoms with E-state index in [0.29, 0.717) is 18.7 Å². The second kappa shape index (κ2) is 8.39. The first-order chi connectivity index (χ1) is 10.9. The zero-order valence-electron chi connectivity index (χ0n) is 14.0. The van der Waals surface area contributed by atoms with Gasteiger partial charge in [0.2, 0.25) is 5.91 Å².